The fourth-order valence-corrected chi connectivity index (χ4v) is 5.51. The number of aromatic nitrogens is 7. The molecule has 6 rings (SSSR count). The van der Waals surface area contributed by atoms with Crippen molar-refractivity contribution in [3.63, 3.8) is 0 Å². The molecule has 4 aromatic rings. The van der Waals surface area contributed by atoms with Crippen LogP contribution in [0.15, 0.2) is 42.9 Å². The molecule has 1 fully saturated rings. The fourth-order valence-electron chi connectivity index (χ4n) is 5.51. The number of aliphatic hydroxyl groups excluding tert-OH is 1. The topological polar surface area (TPSA) is 102 Å². The molecule has 8 nitrogen and oxygen atoms in total. The van der Waals surface area contributed by atoms with Crippen LogP contribution in [0.5, 0.6) is 0 Å². The van der Waals surface area contributed by atoms with E-state index in [0.29, 0.717) is 17.5 Å². The number of rotatable bonds is 5. The van der Waals surface area contributed by atoms with Crippen LogP contribution in [0.1, 0.15) is 69.2 Å². The molecule has 0 amide bonds. The lowest BCUT2D eigenvalue weighted by Gasteiger charge is -2.40. The first-order chi connectivity index (χ1) is 17.6. The zero-order valence-corrected chi connectivity index (χ0v) is 21.1. The highest BCUT2D eigenvalue weighted by atomic mass is 19.1. The van der Waals surface area contributed by atoms with Gasteiger partial charge in [0, 0.05) is 6.20 Å². The Labute approximate surface area is 212 Å². The molecule has 0 bridgehead atoms. The molecule has 10 heteroatoms. The summed E-state index contributed by atoms with van der Waals surface area (Å²) in [5, 5.41) is 23.1. The molecule has 0 saturated heterocycles. The van der Waals surface area contributed by atoms with Crippen molar-refractivity contribution < 1.29 is 13.9 Å². The quantitative estimate of drug-likeness (QED) is 0.434. The van der Waals surface area contributed by atoms with Gasteiger partial charge in [-0.2, -0.15) is 9.78 Å². The Balaban J connectivity index is 1.45. The van der Waals surface area contributed by atoms with Crippen molar-refractivity contribution >= 4 is 0 Å². The molecule has 1 aromatic carbocycles. The maximum Gasteiger partial charge on any atom is 0.252 e. The van der Waals surface area contributed by atoms with Gasteiger partial charge in [0.25, 0.3) is 5.95 Å². The van der Waals surface area contributed by atoms with Crippen molar-refractivity contribution in [2.45, 2.75) is 57.3 Å². The summed E-state index contributed by atoms with van der Waals surface area (Å²) in [6.07, 6.45) is 4.95. The molecule has 2 atom stereocenters. The predicted octanol–water partition coefficient (Wildman–Crippen LogP) is 4.27. The average molecular weight is 504 g/mol. The summed E-state index contributed by atoms with van der Waals surface area (Å²) in [6.45, 7) is 8.43. The maximum atomic E-state index is 14.5. The van der Waals surface area contributed by atoms with Gasteiger partial charge >= 0.3 is 0 Å². The van der Waals surface area contributed by atoms with E-state index in [1.807, 2.05) is 6.07 Å². The van der Waals surface area contributed by atoms with Crippen LogP contribution in [0.4, 0.5) is 8.78 Å². The van der Waals surface area contributed by atoms with Crippen molar-refractivity contribution in [3.05, 3.63) is 77.3 Å². The van der Waals surface area contributed by atoms with Crippen LogP contribution in [0.3, 0.4) is 0 Å². The normalized spacial score (nSPS) is 23.2. The Kier molecular flexibility index (Phi) is 5.08. The number of nitrogens with zero attached hydrogens (tertiary/aromatic N) is 7. The van der Waals surface area contributed by atoms with Crippen molar-refractivity contribution in [1.82, 2.24) is 34.9 Å². The first kappa shape index (κ1) is 23.7. The standard InChI is InChI=1S/C27H27F2N7O/c1-15-16-12-19(21-17(28)6-5-7-18(21)29)33-34-22(16)26(4,25(15,2)3)20-8-11-30-24(32-20)36-14-31-23(35-36)27(13-37)9-10-27/h5-8,11-12,14-15,37H,9-10,13H2,1-4H3/t15-,26-/m0/s1. The van der Waals surface area contributed by atoms with Crippen LogP contribution in [-0.4, -0.2) is 46.6 Å². The summed E-state index contributed by atoms with van der Waals surface area (Å²) in [7, 11) is 0. The molecular weight excluding hydrogens is 476 g/mol. The van der Waals surface area contributed by atoms with E-state index in [4.69, 9.17) is 4.98 Å². The Morgan fingerprint density at radius 1 is 1.05 bits per heavy atom. The lowest BCUT2D eigenvalue weighted by Crippen LogP contribution is -2.39. The smallest absolute Gasteiger partial charge is 0.252 e. The van der Waals surface area contributed by atoms with Crippen LogP contribution in [0.2, 0.25) is 0 Å². The SMILES string of the molecule is C[C@H]1c2cc(-c3c(F)cccc3F)nnc2[C@](C)(c2ccnc(-n3cnc(C4(CO)CC4)n3)n2)C1(C)C. The number of hydrogen-bond donors (Lipinski definition) is 1. The van der Waals surface area contributed by atoms with Gasteiger partial charge in [-0.25, -0.2) is 23.7 Å². The van der Waals surface area contributed by atoms with Gasteiger partial charge in [-0.1, -0.05) is 26.8 Å². The molecule has 190 valence electrons. The minimum atomic E-state index is -0.677. The monoisotopic (exact) mass is 503 g/mol. The third-order valence-electron chi connectivity index (χ3n) is 8.84. The molecule has 3 aromatic heterocycles. The Hall–Kier alpha value is -3.66. The van der Waals surface area contributed by atoms with Crippen LogP contribution < -0.4 is 0 Å². The summed E-state index contributed by atoms with van der Waals surface area (Å²) in [5.41, 5.74) is 0.898. The van der Waals surface area contributed by atoms with E-state index in [0.717, 1.165) is 24.1 Å². The highest BCUT2D eigenvalue weighted by Crippen LogP contribution is 2.60. The third-order valence-corrected chi connectivity index (χ3v) is 8.84. The van der Waals surface area contributed by atoms with Gasteiger partial charge in [0.2, 0.25) is 0 Å². The fraction of sp³-hybridized carbons (Fsp3) is 0.407. The Morgan fingerprint density at radius 2 is 1.78 bits per heavy atom. The van der Waals surface area contributed by atoms with Crippen molar-refractivity contribution in [3.8, 4) is 17.2 Å². The van der Waals surface area contributed by atoms with E-state index in [9.17, 15) is 13.9 Å². The molecular formula is C27H27F2N7O. The van der Waals surface area contributed by atoms with E-state index in [-0.39, 0.29) is 34.6 Å². The largest absolute Gasteiger partial charge is 0.395 e. The van der Waals surface area contributed by atoms with E-state index in [2.05, 4.69) is 53.0 Å². The van der Waals surface area contributed by atoms with Gasteiger partial charge in [-0.15, -0.1) is 10.2 Å². The van der Waals surface area contributed by atoms with Crippen LogP contribution in [0, 0.1) is 17.0 Å². The number of halogens is 2. The zero-order valence-electron chi connectivity index (χ0n) is 21.1. The Morgan fingerprint density at radius 3 is 2.46 bits per heavy atom. The van der Waals surface area contributed by atoms with Crippen molar-refractivity contribution in [2.75, 3.05) is 6.61 Å². The maximum absolute atomic E-state index is 14.5. The molecule has 0 aliphatic heterocycles. The summed E-state index contributed by atoms with van der Waals surface area (Å²) in [4.78, 5) is 13.7. The van der Waals surface area contributed by atoms with Crippen molar-refractivity contribution in [1.29, 1.82) is 0 Å². The van der Waals surface area contributed by atoms with E-state index in [1.54, 1.807) is 18.6 Å². The molecule has 0 spiro atoms. The number of hydrogen-bond acceptors (Lipinski definition) is 7. The second-order valence-electron chi connectivity index (χ2n) is 10.9. The molecule has 0 unspecified atom stereocenters. The summed E-state index contributed by atoms with van der Waals surface area (Å²) < 4.78 is 30.5. The lowest BCUT2D eigenvalue weighted by atomic mass is 9.63. The van der Waals surface area contributed by atoms with Crippen LogP contribution in [-0.2, 0) is 10.8 Å². The van der Waals surface area contributed by atoms with Gasteiger partial charge in [-0.05, 0) is 60.9 Å². The highest BCUT2D eigenvalue weighted by Gasteiger charge is 2.57. The third kappa shape index (κ3) is 3.28. The lowest BCUT2D eigenvalue weighted by molar-refractivity contribution is 0.202. The molecule has 1 N–H and O–H groups in total. The number of benzene rings is 1. The number of aliphatic hydroxyl groups is 1. The first-order valence-corrected chi connectivity index (χ1v) is 12.3. The Bertz CT molecular complexity index is 1510. The zero-order chi connectivity index (χ0) is 26.2. The van der Waals surface area contributed by atoms with Crippen LogP contribution >= 0.6 is 0 Å². The minimum absolute atomic E-state index is 0.00717. The summed E-state index contributed by atoms with van der Waals surface area (Å²) in [5.74, 6) is -0.407. The minimum Gasteiger partial charge on any atom is -0.395 e. The van der Waals surface area contributed by atoms with Gasteiger partial charge in [0.15, 0.2) is 5.82 Å². The highest BCUT2D eigenvalue weighted by molar-refractivity contribution is 5.63. The molecule has 3 heterocycles. The first-order valence-electron chi connectivity index (χ1n) is 12.3. The van der Waals surface area contributed by atoms with Crippen LogP contribution in [0.25, 0.3) is 17.2 Å². The summed E-state index contributed by atoms with van der Waals surface area (Å²) >= 11 is 0. The van der Waals surface area contributed by atoms with Gasteiger partial charge in [-0.3, -0.25) is 0 Å². The van der Waals surface area contributed by atoms with Gasteiger partial charge < -0.3 is 5.11 Å². The predicted molar refractivity (Wildman–Crippen MR) is 131 cm³/mol. The van der Waals surface area contributed by atoms with Gasteiger partial charge in [0.05, 0.1) is 40.1 Å². The van der Waals surface area contributed by atoms with E-state index in [1.165, 1.54) is 22.9 Å². The molecule has 37 heavy (non-hydrogen) atoms. The second kappa shape index (κ2) is 7.92. The molecule has 2 aliphatic carbocycles. The summed E-state index contributed by atoms with van der Waals surface area (Å²) in [6, 6.07) is 7.37. The average Bonchev–Trinajstić information content (AvgIpc) is 3.50. The second-order valence-corrected chi connectivity index (χ2v) is 10.9. The van der Waals surface area contributed by atoms with Crippen molar-refractivity contribution in [2.24, 2.45) is 5.41 Å². The molecule has 0 radical (unpaired) electrons. The van der Waals surface area contributed by atoms with E-state index >= 15 is 0 Å². The molecule has 2 aliphatic rings. The van der Waals surface area contributed by atoms with E-state index < -0.39 is 17.0 Å². The number of fused-ring (bicyclic) bond motifs is 1. The van der Waals surface area contributed by atoms with Gasteiger partial charge in [0.1, 0.15) is 18.0 Å². The molecule has 1 saturated carbocycles.